The molecule has 0 heterocycles. The van der Waals surface area contributed by atoms with Gasteiger partial charge in [-0.2, -0.15) is 0 Å². The maximum Gasteiger partial charge on any atom is 0.261 e. The predicted molar refractivity (Wildman–Crippen MR) is 78.2 cm³/mol. The zero-order valence-electron chi connectivity index (χ0n) is 10.0. The van der Waals surface area contributed by atoms with E-state index in [-0.39, 0.29) is 5.56 Å². The number of nitrogens with one attached hydrogen (secondary N) is 1. The molecular formula is C14H10F2INO. The van der Waals surface area contributed by atoms with Crippen LogP contribution in [0.3, 0.4) is 0 Å². The Morgan fingerprint density at radius 3 is 2.53 bits per heavy atom. The minimum Gasteiger partial charge on any atom is -0.321 e. The Morgan fingerprint density at radius 1 is 1.16 bits per heavy atom. The fourth-order valence-electron chi connectivity index (χ4n) is 1.61. The lowest BCUT2D eigenvalue weighted by Gasteiger charge is -2.09. The first-order chi connectivity index (χ1) is 9.00. The van der Waals surface area contributed by atoms with E-state index in [0.29, 0.717) is 5.69 Å². The van der Waals surface area contributed by atoms with E-state index in [4.69, 9.17) is 0 Å². The molecule has 2 rings (SSSR count). The zero-order chi connectivity index (χ0) is 14.0. The molecule has 0 atom stereocenters. The van der Waals surface area contributed by atoms with Crippen LogP contribution in [-0.2, 0) is 0 Å². The van der Waals surface area contributed by atoms with Gasteiger partial charge in [0.1, 0.15) is 17.2 Å². The molecule has 0 bridgehead atoms. The van der Waals surface area contributed by atoms with Gasteiger partial charge in [0.15, 0.2) is 0 Å². The van der Waals surface area contributed by atoms with Crippen LogP contribution in [-0.4, -0.2) is 5.91 Å². The number of carbonyl (C=O) groups is 1. The molecule has 98 valence electrons. The molecule has 0 saturated heterocycles. The topological polar surface area (TPSA) is 29.1 Å². The number of hydrogen-bond donors (Lipinski definition) is 1. The molecular weight excluding hydrogens is 363 g/mol. The van der Waals surface area contributed by atoms with E-state index < -0.39 is 23.1 Å². The highest BCUT2D eigenvalue weighted by atomic mass is 127. The average molecular weight is 373 g/mol. The number of benzene rings is 2. The fourth-order valence-corrected chi connectivity index (χ4v) is 2.13. The number of carbonyl (C=O) groups excluding carboxylic acids is 1. The SMILES string of the molecule is Cc1ccc(F)c(C(=O)Nc2ccccc2I)c1F. The summed E-state index contributed by atoms with van der Waals surface area (Å²) < 4.78 is 28.2. The highest BCUT2D eigenvalue weighted by molar-refractivity contribution is 14.1. The molecule has 5 heteroatoms. The molecule has 0 fully saturated rings. The summed E-state index contributed by atoms with van der Waals surface area (Å²) in [5.74, 6) is -2.49. The van der Waals surface area contributed by atoms with Crippen LogP contribution in [0.2, 0.25) is 0 Å². The van der Waals surface area contributed by atoms with Gasteiger partial charge in [0.25, 0.3) is 5.91 Å². The van der Waals surface area contributed by atoms with Gasteiger partial charge >= 0.3 is 0 Å². The predicted octanol–water partition coefficient (Wildman–Crippen LogP) is 4.13. The Balaban J connectivity index is 2.36. The lowest BCUT2D eigenvalue weighted by Crippen LogP contribution is -2.17. The molecule has 0 aliphatic carbocycles. The number of rotatable bonds is 2. The van der Waals surface area contributed by atoms with Crippen molar-refractivity contribution in [2.24, 2.45) is 0 Å². The number of halogens is 3. The highest BCUT2D eigenvalue weighted by Gasteiger charge is 2.19. The van der Waals surface area contributed by atoms with E-state index in [1.54, 1.807) is 18.2 Å². The summed E-state index contributed by atoms with van der Waals surface area (Å²) in [6.07, 6.45) is 0. The van der Waals surface area contributed by atoms with Gasteiger partial charge < -0.3 is 5.32 Å². The van der Waals surface area contributed by atoms with Gasteiger partial charge in [-0.3, -0.25) is 4.79 Å². The summed E-state index contributed by atoms with van der Waals surface area (Å²) in [6.45, 7) is 1.48. The summed E-state index contributed by atoms with van der Waals surface area (Å²) in [7, 11) is 0. The molecule has 19 heavy (non-hydrogen) atoms. The molecule has 2 nitrogen and oxygen atoms in total. The average Bonchev–Trinajstić information content (AvgIpc) is 2.37. The zero-order valence-corrected chi connectivity index (χ0v) is 12.2. The van der Waals surface area contributed by atoms with Gasteiger partial charge in [0.2, 0.25) is 0 Å². The van der Waals surface area contributed by atoms with Crippen molar-refractivity contribution < 1.29 is 13.6 Å². The van der Waals surface area contributed by atoms with Crippen LogP contribution in [0.4, 0.5) is 14.5 Å². The van der Waals surface area contributed by atoms with E-state index in [1.165, 1.54) is 13.0 Å². The second-order valence-electron chi connectivity index (χ2n) is 3.99. The molecule has 0 spiro atoms. The molecule has 0 aromatic heterocycles. The summed E-state index contributed by atoms with van der Waals surface area (Å²) in [5.41, 5.74) is 0.197. The molecule has 0 aliphatic heterocycles. The standard InChI is InChI=1S/C14H10F2INO/c1-8-6-7-9(15)12(13(8)16)14(19)18-11-5-3-2-4-10(11)17/h2-7H,1H3,(H,18,19). The van der Waals surface area contributed by atoms with Gasteiger partial charge in [-0.15, -0.1) is 0 Å². The Kier molecular flexibility index (Phi) is 4.14. The maximum atomic E-state index is 13.8. The van der Waals surface area contributed by atoms with Crippen LogP contribution in [0, 0.1) is 22.1 Å². The van der Waals surface area contributed by atoms with E-state index in [1.807, 2.05) is 28.7 Å². The Morgan fingerprint density at radius 2 is 1.84 bits per heavy atom. The van der Waals surface area contributed by atoms with Gasteiger partial charge in [-0.05, 0) is 53.3 Å². The highest BCUT2D eigenvalue weighted by Crippen LogP contribution is 2.21. The third kappa shape index (κ3) is 2.91. The van der Waals surface area contributed by atoms with Crippen molar-refractivity contribution in [3.05, 3.63) is 62.7 Å². The number of amides is 1. The minimum atomic E-state index is -0.869. The maximum absolute atomic E-state index is 13.8. The van der Waals surface area contributed by atoms with Gasteiger partial charge in [-0.1, -0.05) is 18.2 Å². The number of anilines is 1. The first kappa shape index (κ1) is 13.9. The minimum absolute atomic E-state index is 0.231. The van der Waals surface area contributed by atoms with Gasteiger partial charge in [-0.25, -0.2) is 8.78 Å². The van der Waals surface area contributed by atoms with Crippen molar-refractivity contribution in [2.75, 3.05) is 5.32 Å². The molecule has 2 aromatic rings. The Bertz CT molecular complexity index is 643. The van der Waals surface area contributed by atoms with Crippen molar-refractivity contribution in [1.82, 2.24) is 0 Å². The largest absolute Gasteiger partial charge is 0.321 e. The molecule has 0 unspecified atom stereocenters. The van der Waals surface area contributed by atoms with Crippen molar-refractivity contribution in [3.63, 3.8) is 0 Å². The summed E-state index contributed by atoms with van der Waals surface area (Å²) >= 11 is 2.03. The molecule has 1 N–H and O–H groups in total. The van der Waals surface area contributed by atoms with Crippen molar-refractivity contribution in [1.29, 1.82) is 0 Å². The third-order valence-electron chi connectivity index (χ3n) is 2.63. The van der Waals surface area contributed by atoms with Crippen LogP contribution in [0.1, 0.15) is 15.9 Å². The molecule has 2 aromatic carbocycles. The van der Waals surface area contributed by atoms with E-state index in [0.717, 1.165) is 9.64 Å². The Hall–Kier alpha value is -1.50. The van der Waals surface area contributed by atoms with Crippen LogP contribution in [0.25, 0.3) is 0 Å². The van der Waals surface area contributed by atoms with E-state index in [2.05, 4.69) is 5.32 Å². The van der Waals surface area contributed by atoms with Crippen LogP contribution in [0.15, 0.2) is 36.4 Å². The summed E-state index contributed by atoms with van der Waals surface area (Å²) in [5, 5.41) is 2.51. The molecule has 0 saturated carbocycles. The second kappa shape index (κ2) is 5.64. The summed E-state index contributed by atoms with van der Waals surface area (Å²) in [6, 6.07) is 9.40. The normalized spacial score (nSPS) is 10.3. The van der Waals surface area contributed by atoms with Crippen molar-refractivity contribution in [2.45, 2.75) is 6.92 Å². The lowest BCUT2D eigenvalue weighted by molar-refractivity contribution is 0.101. The molecule has 1 amide bonds. The third-order valence-corrected chi connectivity index (χ3v) is 3.57. The molecule has 0 radical (unpaired) electrons. The van der Waals surface area contributed by atoms with E-state index >= 15 is 0 Å². The van der Waals surface area contributed by atoms with Crippen LogP contribution < -0.4 is 5.32 Å². The van der Waals surface area contributed by atoms with Gasteiger partial charge in [0.05, 0.1) is 5.69 Å². The van der Waals surface area contributed by atoms with Crippen LogP contribution in [0.5, 0.6) is 0 Å². The van der Waals surface area contributed by atoms with Crippen molar-refractivity contribution in [3.8, 4) is 0 Å². The quantitative estimate of drug-likeness (QED) is 0.789. The van der Waals surface area contributed by atoms with Crippen molar-refractivity contribution >= 4 is 34.2 Å². The lowest BCUT2D eigenvalue weighted by atomic mass is 10.1. The molecule has 0 aliphatic rings. The van der Waals surface area contributed by atoms with Gasteiger partial charge in [0, 0.05) is 3.57 Å². The first-order valence-electron chi connectivity index (χ1n) is 5.51. The number of para-hydroxylation sites is 1. The first-order valence-corrected chi connectivity index (χ1v) is 6.59. The summed E-state index contributed by atoms with van der Waals surface area (Å²) in [4.78, 5) is 12.0. The van der Waals surface area contributed by atoms with Crippen LogP contribution >= 0.6 is 22.6 Å². The number of hydrogen-bond acceptors (Lipinski definition) is 1. The fraction of sp³-hybridized carbons (Fsp3) is 0.0714. The second-order valence-corrected chi connectivity index (χ2v) is 5.15. The monoisotopic (exact) mass is 373 g/mol. The smallest absolute Gasteiger partial charge is 0.261 e. The number of aryl methyl sites for hydroxylation is 1. The van der Waals surface area contributed by atoms with E-state index in [9.17, 15) is 13.6 Å². The Labute approximate surface area is 123 Å².